The Morgan fingerprint density at radius 1 is 0.826 bits per heavy atom. The number of quaternary nitrogens is 2. The second-order valence-corrected chi connectivity index (χ2v) is 4.53. The van der Waals surface area contributed by atoms with Crippen LogP contribution in [0.25, 0.3) is 0 Å². The molecule has 12 N–H and O–H groups in total. The Balaban J connectivity index is 0.000000332. The first-order valence-electron chi connectivity index (χ1n) is 5.43. The molecule has 0 aromatic heterocycles. The number of rotatable bonds is 0. The maximum atomic E-state index is 10.5. The van der Waals surface area contributed by atoms with E-state index in [9.17, 15) is 9.59 Å². The predicted octanol–water partition coefficient (Wildman–Crippen LogP) is -6.93. The van der Waals surface area contributed by atoms with Crippen LogP contribution in [0.4, 0.5) is 0 Å². The van der Waals surface area contributed by atoms with Gasteiger partial charge in [-0.05, 0) is 0 Å². The van der Waals surface area contributed by atoms with E-state index in [1.54, 1.807) is 0 Å². The summed E-state index contributed by atoms with van der Waals surface area (Å²) in [5, 5.41) is 2.44. The van der Waals surface area contributed by atoms with Gasteiger partial charge < -0.3 is 32.0 Å². The molecule has 0 aliphatic carbocycles. The van der Waals surface area contributed by atoms with Crippen molar-refractivity contribution in [1.82, 2.24) is 0 Å². The normalized spacial score (nSPS) is 17.3. The van der Waals surface area contributed by atoms with Gasteiger partial charge in [-0.15, -0.1) is 0 Å². The van der Waals surface area contributed by atoms with Crippen LogP contribution in [0.1, 0.15) is 0 Å². The van der Waals surface area contributed by atoms with E-state index in [0.29, 0.717) is 0 Å². The zero-order valence-corrected chi connectivity index (χ0v) is 12.2. The third kappa shape index (κ3) is 12.6. The molecule has 0 aromatic carbocycles. The maximum Gasteiger partial charge on any atom is 0.346 e. The smallest absolute Gasteiger partial charge is 0.346 e. The van der Waals surface area contributed by atoms with Crippen molar-refractivity contribution >= 4 is 34.1 Å². The van der Waals surface area contributed by atoms with Gasteiger partial charge in [0.25, 0.3) is 0 Å². The summed E-state index contributed by atoms with van der Waals surface area (Å²) >= 11 is 0. The number of hydrogen-bond donors (Lipinski definition) is 6. The third-order valence-corrected chi connectivity index (χ3v) is 1.68. The summed E-state index contributed by atoms with van der Waals surface area (Å²) in [5.41, 5.74) is 20.7. The minimum atomic E-state index is -5.17. The zero-order valence-electron chi connectivity index (χ0n) is 11.4. The summed E-state index contributed by atoms with van der Waals surface area (Å²) in [7, 11) is -5.17. The Kier molecular flexibility index (Phi) is 7.50. The summed E-state index contributed by atoms with van der Waals surface area (Å²) in [5.74, 6) is 0.250. The van der Waals surface area contributed by atoms with Crippen molar-refractivity contribution in [3.05, 3.63) is 23.8 Å². The minimum Gasteiger partial charge on any atom is -0.759 e. The van der Waals surface area contributed by atoms with Crippen molar-refractivity contribution in [2.45, 2.75) is 0 Å². The molecule has 0 aromatic rings. The van der Waals surface area contributed by atoms with Gasteiger partial charge in [0, 0.05) is 10.4 Å². The molecule has 2 heterocycles. The van der Waals surface area contributed by atoms with Crippen molar-refractivity contribution in [2.75, 3.05) is 0 Å². The van der Waals surface area contributed by atoms with Crippen molar-refractivity contribution in [3.63, 3.8) is 0 Å². The average molecular weight is 350 g/mol. The van der Waals surface area contributed by atoms with Gasteiger partial charge in [-0.2, -0.15) is 9.98 Å². The van der Waals surface area contributed by atoms with E-state index in [2.05, 4.69) is 9.98 Å². The molecular weight excluding hydrogens is 336 g/mol. The van der Waals surface area contributed by atoms with Gasteiger partial charge in [0.2, 0.25) is 0 Å². The van der Waals surface area contributed by atoms with Gasteiger partial charge in [0.05, 0.1) is 12.2 Å². The molecule has 0 saturated heterocycles. The van der Waals surface area contributed by atoms with Crippen LogP contribution in [0.3, 0.4) is 0 Å². The highest BCUT2D eigenvalue weighted by Crippen LogP contribution is 1.85. The number of nitrogens with two attached hydrogens (primary N) is 6. The van der Waals surface area contributed by atoms with Gasteiger partial charge in [0.15, 0.2) is 0 Å². The van der Waals surface area contributed by atoms with Crippen LogP contribution in [0.15, 0.2) is 33.8 Å². The lowest BCUT2D eigenvalue weighted by Gasteiger charge is -2.06. The summed E-state index contributed by atoms with van der Waals surface area (Å²) in [6.45, 7) is 0. The molecule has 15 heteroatoms. The van der Waals surface area contributed by atoms with Gasteiger partial charge in [-0.3, -0.25) is 8.42 Å². The number of hydrogen-bond acceptors (Lipinski definition) is 12. The molecular formula is C8H14N8O6S. The van der Waals surface area contributed by atoms with Gasteiger partial charge >= 0.3 is 23.7 Å². The Morgan fingerprint density at radius 2 is 1.09 bits per heavy atom. The van der Waals surface area contributed by atoms with E-state index in [-0.39, 0.29) is 35.4 Å². The summed E-state index contributed by atoms with van der Waals surface area (Å²) in [4.78, 5) is 28.2. The molecule has 0 spiro atoms. The molecule has 0 saturated carbocycles. The van der Waals surface area contributed by atoms with E-state index in [0.717, 1.165) is 0 Å². The number of guanidine groups is 2. The fraction of sp³-hybridized carbons (Fsp3) is 0. The number of carbonyl (C=O) groups is 2. The van der Waals surface area contributed by atoms with E-state index < -0.39 is 10.4 Å². The Morgan fingerprint density at radius 3 is 1.26 bits per heavy atom. The van der Waals surface area contributed by atoms with Crippen LogP contribution in [0.5, 0.6) is 0 Å². The molecule has 14 nitrogen and oxygen atoms in total. The fourth-order valence-electron chi connectivity index (χ4n) is 1.09. The van der Waals surface area contributed by atoms with Crippen LogP contribution in [0, 0.1) is 0 Å². The van der Waals surface area contributed by atoms with Crippen LogP contribution in [0.2, 0.25) is 0 Å². The molecule has 2 amide bonds. The number of primary amides is 2. The number of amides is 2. The quantitative estimate of drug-likeness (QED) is 0.177. The van der Waals surface area contributed by atoms with E-state index >= 15 is 0 Å². The predicted molar refractivity (Wildman–Crippen MR) is 72.1 cm³/mol. The highest BCUT2D eigenvalue weighted by molar-refractivity contribution is 7.79. The molecule has 2 aliphatic heterocycles. The fourth-order valence-corrected chi connectivity index (χ4v) is 1.09. The van der Waals surface area contributed by atoms with Crippen molar-refractivity contribution in [2.24, 2.45) is 32.9 Å². The van der Waals surface area contributed by atoms with Crippen LogP contribution < -0.4 is 33.6 Å². The lowest BCUT2D eigenvalue weighted by molar-refractivity contribution is -0.451. The largest absolute Gasteiger partial charge is 0.759 e. The van der Waals surface area contributed by atoms with Crippen molar-refractivity contribution in [3.8, 4) is 0 Å². The number of nitrogens with zero attached hydrogens (tertiary/aromatic N) is 2. The molecule has 2 rings (SSSR count). The van der Waals surface area contributed by atoms with Crippen molar-refractivity contribution in [1.29, 1.82) is 0 Å². The second-order valence-electron chi connectivity index (χ2n) is 3.71. The topological polar surface area (TPSA) is 276 Å². The molecule has 128 valence electrons. The number of carbonyl (C=O) groups excluding carboxylic acids is 2. The number of aliphatic imine (C=N–C) groups is 2. The van der Waals surface area contributed by atoms with Gasteiger partial charge in [-0.25, -0.2) is 20.2 Å². The molecule has 0 bridgehead atoms. The van der Waals surface area contributed by atoms with Gasteiger partial charge in [0.1, 0.15) is 11.6 Å². The minimum absolute atomic E-state index is 0.167. The summed E-state index contributed by atoms with van der Waals surface area (Å²) < 4.78 is 34.1. The molecule has 0 fully saturated rings. The third-order valence-electron chi connectivity index (χ3n) is 1.68. The highest BCUT2D eigenvalue weighted by atomic mass is 32.3. The first-order valence-corrected chi connectivity index (χ1v) is 6.77. The van der Waals surface area contributed by atoms with Crippen LogP contribution >= 0.6 is 0 Å². The average Bonchev–Trinajstić information content (AvgIpc) is 2.22. The van der Waals surface area contributed by atoms with Crippen LogP contribution in [-0.2, 0) is 20.0 Å². The maximum absolute atomic E-state index is 10.5. The van der Waals surface area contributed by atoms with E-state index in [1.165, 1.54) is 22.8 Å². The lowest BCUT2D eigenvalue weighted by atomic mass is 10.5. The zero-order chi connectivity index (χ0) is 18.2. The Hall–Kier alpha value is -2.85. The Labute approximate surface area is 129 Å². The molecule has 23 heavy (non-hydrogen) atoms. The molecule has 0 unspecified atom stereocenters. The Bertz CT molecular complexity index is 652. The second kappa shape index (κ2) is 8.56. The van der Waals surface area contributed by atoms with Gasteiger partial charge in [-0.1, -0.05) is 0 Å². The first kappa shape index (κ1) is 20.1. The standard InChI is InChI=1S/2C4H6N4O.H2O4S/c2*5-2-1-3(9)8-4(6)7-2;1-5(2,3)4/h2*1H,(H5,5,6,7,8,9);(H2,1,2,3,4). The lowest BCUT2D eigenvalue weighted by Crippen LogP contribution is -2.94. The molecule has 2 aliphatic rings. The molecule has 0 atom stereocenters. The van der Waals surface area contributed by atoms with E-state index in [4.69, 9.17) is 40.5 Å². The van der Waals surface area contributed by atoms with Crippen LogP contribution in [-0.4, -0.2) is 41.3 Å². The monoisotopic (exact) mass is 350 g/mol. The molecule has 0 radical (unpaired) electrons. The first-order chi connectivity index (χ1) is 10.4. The summed E-state index contributed by atoms with van der Waals surface area (Å²) in [6, 6.07) is 0. The van der Waals surface area contributed by atoms with Crippen molar-refractivity contribution < 1.29 is 37.7 Å². The SMILES string of the molecule is NC1=CC(=O)[NH2+]C(N)=N1.NC1=CC(=O)[NH2+]C(N)=N1.O=S(=O)([O-])[O-]. The van der Waals surface area contributed by atoms with E-state index in [1.807, 2.05) is 0 Å². The highest BCUT2D eigenvalue weighted by Gasteiger charge is 2.12. The summed E-state index contributed by atoms with van der Waals surface area (Å²) in [6.07, 6.45) is 2.44.